The quantitative estimate of drug-likeness (QED) is 0.763. The summed E-state index contributed by atoms with van der Waals surface area (Å²) < 4.78 is 5.36. The Balaban J connectivity index is 1.44. The molecule has 0 atom stereocenters. The predicted molar refractivity (Wildman–Crippen MR) is 106 cm³/mol. The van der Waals surface area contributed by atoms with Gasteiger partial charge in [0.25, 0.3) is 0 Å². The molecule has 142 valence electrons. The van der Waals surface area contributed by atoms with Gasteiger partial charge in [0.1, 0.15) is 0 Å². The number of aryl methyl sites for hydroxylation is 1. The molecule has 2 aromatic rings. The number of nitrogens with zero attached hydrogens (tertiary/aromatic N) is 1. The molecule has 2 aromatic carbocycles. The maximum Gasteiger partial charge on any atom is 0.224 e. The topological polar surface area (TPSA) is 58.6 Å². The van der Waals surface area contributed by atoms with Crippen molar-refractivity contribution in [2.24, 2.45) is 0 Å². The van der Waals surface area contributed by atoms with Gasteiger partial charge in [0, 0.05) is 43.7 Å². The summed E-state index contributed by atoms with van der Waals surface area (Å²) in [5.41, 5.74) is 3.74. The molecule has 0 radical (unpaired) electrons. The monoisotopic (exact) mass is 366 g/mol. The number of anilines is 1. The number of Topliss-reactive ketones (excluding diaryl/α,β-unsaturated/α-hetero) is 1. The van der Waals surface area contributed by atoms with Crippen molar-refractivity contribution in [3.63, 3.8) is 0 Å². The van der Waals surface area contributed by atoms with E-state index in [2.05, 4.69) is 10.2 Å². The fourth-order valence-corrected chi connectivity index (χ4v) is 3.05. The van der Waals surface area contributed by atoms with Crippen LogP contribution in [0.15, 0.2) is 48.5 Å². The van der Waals surface area contributed by atoms with E-state index in [0.717, 1.165) is 44.1 Å². The highest BCUT2D eigenvalue weighted by atomic mass is 16.5. The summed E-state index contributed by atoms with van der Waals surface area (Å²) in [6.07, 6.45) is 0.395. The Morgan fingerprint density at radius 3 is 2.30 bits per heavy atom. The van der Waals surface area contributed by atoms with Crippen molar-refractivity contribution in [2.75, 3.05) is 31.6 Å². The van der Waals surface area contributed by atoms with Gasteiger partial charge in [-0.25, -0.2) is 0 Å². The highest BCUT2D eigenvalue weighted by molar-refractivity contribution is 6.00. The molecule has 1 heterocycles. The number of hydrogen-bond donors (Lipinski definition) is 1. The van der Waals surface area contributed by atoms with Gasteiger partial charge in [0.05, 0.1) is 13.2 Å². The molecule has 5 nitrogen and oxygen atoms in total. The van der Waals surface area contributed by atoms with Crippen LogP contribution in [-0.4, -0.2) is 42.9 Å². The normalized spacial score (nSPS) is 14.7. The first-order valence-corrected chi connectivity index (χ1v) is 9.39. The van der Waals surface area contributed by atoms with Crippen molar-refractivity contribution in [3.8, 4) is 0 Å². The third-order valence-electron chi connectivity index (χ3n) is 4.70. The highest BCUT2D eigenvalue weighted by Crippen LogP contribution is 2.14. The van der Waals surface area contributed by atoms with Crippen LogP contribution in [0.25, 0.3) is 0 Å². The minimum absolute atomic E-state index is 0.00832. The van der Waals surface area contributed by atoms with E-state index in [1.54, 1.807) is 0 Å². The summed E-state index contributed by atoms with van der Waals surface area (Å²) in [6.45, 7) is 6.35. The molecule has 0 aromatic heterocycles. The molecule has 1 N–H and O–H groups in total. The molecule has 1 fully saturated rings. The smallest absolute Gasteiger partial charge is 0.224 e. The number of amides is 1. The lowest BCUT2D eigenvalue weighted by molar-refractivity contribution is -0.116. The van der Waals surface area contributed by atoms with Gasteiger partial charge in [-0.2, -0.15) is 0 Å². The zero-order valence-corrected chi connectivity index (χ0v) is 15.7. The lowest BCUT2D eigenvalue weighted by Crippen LogP contribution is -2.35. The van der Waals surface area contributed by atoms with Crippen LogP contribution in [-0.2, 0) is 16.1 Å². The first-order valence-electron chi connectivity index (χ1n) is 9.39. The van der Waals surface area contributed by atoms with Crippen LogP contribution in [0.1, 0.15) is 34.3 Å². The highest BCUT2D eigenvalue weighted by Gasteiger charge is 2.12. The van der Waals surface area contributed by atoms with Crippen LogP contribution in [0.3, 0.4) is 0 Å². The van der Waals surface area contributed by atoms with Gasteiger partial charge in [-0.3, -0.25) is 14.5 Å². The molecule has 0 spiro atoms. The Kier molecular flexibility index (Phi) is 6.74. The SMILES string of the molecule is Cc1ccc(C(=O)CCC(=O)Nc2ccc(CN3CCOCC3)cc2)cc1. The molecule has 0 unspecified atom stereocenters. The summed E-state index contributed by atoms with van der Waals surface area (Å²) in [4.78, 5) is 26.6. The fourth-order valence-electron chi connectivity index (χ4n) is 3.05. The second kappa shape index (κ2) is 9.44. The van der Waals surface area contributed by atoms with E-state index in [9.17, 15) is 9.59 Å². The molecule has 5 heteroatoms. The predicted octanol–water partition coefficient (Wildman–Crippen LogP) is 3.43. The van der Waals surface area contributed by atoms with Gasteiger partial charge < -0.3 is 10.1 Å². The number of carbonyl (C=O) groups excluding carboxylic acids is 2. The number of rotatable bonds is 7. The lowest BCUT2D eigenvalue weighted by atomic mass is 10.0. The van der Waals surface area contributed by atoms with Gasteiger partial charge >= 0.3 is 0 Å². The standard InChI is InChI=1S/C22H26N2O3/c1-17-2-6-19(7-3-17)21(25)10-11-22(26)23-20-8-4-18(5-9-20)16-24-12-14-27-15-13-24/h2-9H,10-16H2,1H3,(H,23,26). The molecule has 1 aliphatic rings. The first-order chi connectivity index (χ1) is 13.1. The number of morpholine rings is 1. The van der Waals surface area contributed by atoms with Crippen molar-refractivity contribution in [1.29, 1.82) is 0 Å². The van der Waals surface area contributed by atoms with Crippen LogP contribution in [0.5, 0.6) is 0 Å². The summed E-state index contributed by atoms with van der Waals surface area (Å²) in [6, 6.07) is 15.3. The van der Waals surface area contributed by atoms with Gasteiger partial charge in [0.15, 0.2) is 5.78 Å². The average Bonchev–Trinajstić information content (AvgIpc) is 2.69. The fraction of sp³-hybridized carbons (Fsp3) is 0.364. The lowest BCUT2D eigenvalue weighted by Gasteiger charge is -2.26. The molecule has 1 amide bonds. The molecule has 27 heavy (non-hydrogen) atoms. The third-order valence-corrected chi connectivity index (χ3v) is 4.70. The molecule has 1 aliphatic heterocycles. The Bertz CT molecular complexity index is 763. The molecule has 1 saturated heterocycles. The minimum Gasteiger partial charge on any atom is -0.379 e. The molecular formula is C22H26N2O3. The number of benzene rings is 2. The van der Waals surface area contributed by atoms with E-state index in [0.29, 0.717) is 5.56 Å². The number of nitrogens with one attached hydrogen (secondary N) is 1. The van der Waals surface area contributed by atoms with E-state index in [1.807, 2.05) is 55.5 Å². The van der Waals surface area contributed by atoms with Crippen molar-refractivity contribution >= 4 is 17.4 Å². The molecule has 0 saturated carbocycles. The van der Waals surface area contributed by atoms with E-state index in [1.165, 1.54) is 5.56 Å². The maximum absolute atomic E-state index is 12.2. The molecule has 0 aliphatic carbocycles. The molecule has 0 bridgehead atoms. The Morgan fingerprint density at radius 2 is 1.63 bits per heavy atom. The van der Waals surface area contributed by atoms with Crippen LogP contribution in [0, 0.1) is 6.92 Å². The Morgan fingerprint density at radius 1 is 0.963 bits per heavy atom. The van der Waals surface area contributed by atoms with Crippen LogP contribution in [0.2, 0.25) is 0 Å². The number of ether oxygens (including phenoxy) is 1. The third kappa shape index (κ3) is 6.01. The Hall–Kier alpha value is -2.50. The van der Waals surface area contributed by atoms with Crippen LogP contribution < -0.4 is 5.32 Å². The van der Waals surface area contributed by atoms with Crippen molar-refractivity contribution in [3.05, 3.63) is 65.2 Å². The zero-order chi connectivity index (χ0) is 19.1. The molecule has 3 rings (SSSR count). The van der Waals surface area contributed by atoms with E-state index in [4.69, 9.17) is 4.74 Å². The largest absolute Gasteiger partial charge is 0.379 e. The Labute approximate surface area is 160 Å². The summed E-state index contributed by atoms with van der Waals surface area (Å²) in [7, 11) is 0. The van der Waals surface area contributed by atoms with E-state index >= 15 is 0 Å². The van der Waals surface area contributed by atoms with Gasteiger partial charge in [-0.15, -0.1) is 0 Å². The summed E-state index contributed by atoms with van der Waals surface area (Å²) in [5.74, 6) is -0.151. The summed E-state index contributed by atoms with van der Waals surface area (Å²) in [5, 5.41) is 2.86. The maximum atomic E-state index is 12.2. The van der Waals surface area contributed by atoms with Gasteiger partial charge in [0.2, 0.25) is 5.91 Å². The zero-order valence-electron chi connectivity index (χ0n) is 15.7. The number of ketones is 1. The van der Waals surface area contributed by atoms with E-state index in [-0.39, 0.29) is 24.5 Å². The van der Waals surface area contributed by atoms with Crippen molar-refractivity contribution in [2.45, 2.75) is 26.3 Å². The number of hydrogen-bond acceptors (Lipinski definition) is 4. The van der Waals surface area contributed by atoms with Crippen molar-refractivity contribution < 1.29 is 14.3 Å². The average molecular weight is 366 g/mol. The van der Waals surface area contributed by atoms with Crippen molar-refractivity contribution in [1.82, 2.24) is 4.90 Å². The van der Waals surface area contributed by atoms with Gasteiger partial charge in [-0.05, 0) is 24.6 Å². The van der Waals surface area contributed by atoms with Crippen LogP contribution in [0.4, 0.5) is 5.69 Å². The second-order valence-electron chi connectivity index (χ2n) is 6.92. The van der Waals surface area contributed by atoms with E-state index < -0.39 is 0 Å². The minimum atomic E-state index is -0.142. The first kappa shape index (κ1) is 19.3. The molecular weight excluding hydrogens is 340 g/mol. The second-order valence-corrected chi connectivity index (χ2v) is 6.92. The van der Waals surface area contributed by atoms with Crippen LogP contribution >= 0.6 is 0 Å². The summed E-state index contributed by atoms with van der Waals surface area (Å²) >= 11 is 0. The number of carbonyl (C=O) groups is 2. The van der Waals surface area contributed by atoms with Gasteiger partial charge in [-0.1, -0.05) is 42.0 Å².